The van der Waals surface area contributed by atoms with Crippen LogP contribution in [0.5, 0.6) is 5.75 Å². The fourth-order valence-electron chi connectivity index (χ4n) is 1.79. The number of benzene rings is 2. The first-order valence-electron chi connectivity index (χ1n) is 6.07. The molecule has 110 valence electrons. The number of hydrogen-bond donors (Lipinski definition) is 0. The van der Waals surface area contributed by atoms with E-state index < -0.39 is 16.1 Å². The summed E-state index contributed by atoms with van der Waals surface area (Å²) in [6.45, 7) is 0. The van der Waals surface area contributed by atoms with Gasteiger partial charge in [0.1, 0.15) is 5.75 Å². The van der Waals surface area contributed by atoms with Crippen molar-refractivity contribution in [3.63, 3.8) is 0 Å². The Morgan fingerprint density at radius 2 is 1.38 bits per heavy atom. The maximum absolute atomic E-state index is 11.3. The van der Waals surface area contributed by atoms with Gasteiger partial charge in [0, 0.05) is 0 Å². The van der Waals surface area contributed by atoms with Crippen LogP contribution in [0.1, 0.15) is 10.4 Å². The number of rotatable bonds is 4. The Balaban J connectivity index is 2.21. The van der Waals surface area contributed by atoms with Crippen molar-refractivity contribution in [3.8, 4) is 16.9 Å². The van der Waals surface area contributed by atoms with E-state index in [9.17, 15) is 13.2 Å². The molecule has 0 saturated heterocycles. The Hall–Kier alpha value is -2.34. The lowest BCUT2D eigenvalue weighted by Gasteiger charge is -2.06. The van der Waals surface area contributed by atoms with E-state index in [4.69, 9.17) is 4.18 Å². The van der Waals surface area contributed by atoms with Crippen LogP contribution < -0.4 is 4.18 Å². The molecule has 0 spiro atoms. The van der Waals surface area contributed by atoms with Gasteiger partial charge in [-0.1, -0.05) is 24.3 Å². The molecule has 0 radical (unpaired) electrons. The molecule has 0 bridgehead atoms. The molecule has 0 aliphatic heterocycles. The van der Waals surface area contributed by atoms with Crippen molar-refractivity contribution >= 4 is 16.1 Å². The Morgan fingerprint density at radius 3 is 1.81 bits per heavy atom. The van der Waals surface area contributed by atoms with Gasteiger partial charge in [0.2, 0.25) is 0 Å². The van der Waals surface area contributed by atoms with Crippen molar-refractivity contribution in [2.75, 3.05) is 13.4 Å². The van der Waals surface area contributed by atoms with Crippen molar-refractivity contribution in [1.82, 2.24) is 0 Å². The highest BCUT2D eigenvalue weighted by Gasteiger charge is 2.07. The molecular formula is C15H14O5S. The minimum atomic E-state index is -3.52. The maximum Gasteiger partial charge on any atom is 0.337 e. The van der Waals surface area contributed by atoms with E-state index in [0.717, 1.165) is 17.4 Å². The molecule has 5 nitrogen and oxygen atoms in total. The summed E-state index contributed by atoms with van der Waals surface area (Å²) in [5.74, 6) is -0.133. The Kier molecular flexibility index (Phi) is 4.28. The number of carbonyl (C=O) groups excluding carboxylic acids is 1. The van der Waals surface area contributed by atoms with Crippen LogP contribution >= 0.6 is 0 Å². The molecule has 2 aromatic rings. The average Bonchev–Trinajstić information content (AvgIpc) is 2.46. The fourth-order valence-corrected chi connectivity index (χ4v) is 2.26. The summed E-state index contributed by atoms with van der Waals surface area (Å²) in [4.78, 5) is 11.3. The zero-order chi connectivity index (χ0) is 15.5. The molecule has 0 amide bonds. The second kappa shape index (κ2) is 5.97. The van der Waals surface area contributed by atoms with Crippen molar-refractivity contribution in [3.05, 3.63) is 54.1 Å². The smallest absolute Gasteiger partial charge is 0.337 e. The molecule has 0 atom stereocenters. The minimum Gasteiger partial charge on any atom is -0.465 e. The lowest BCUT2D eigenvalue weighted by molar-refractivity contribution is 0.0600. The molecule has 0 saturated carbocycles. The van der Waals surface area contributed by atoms with Gasteiger partial charge >= 0.3 is 16.1 Å². The van der Waals surface area contributed by atoms with E-state index in [1.165, 1.54) is 7.11 Å². The van der Waals surface area contributed by atoms with Crippen LogP contribution in [0.2, 0.25) is 0 Å². The lowest BCUT2D eigenvalue weighted by atomic mass is 10.0. The Morgan fingerprint density at radius 1 is 0.905 bits per heavy atom. The number of ether oxygens (including phenoxy) is 1. The van der Waals surface area contributed by atoms with E-state index in [1.54, 1.807) is 48.5 Å². The third kappa shape index (κ3) is 4.06. The molecule has 0 heterocycles. The largest absolute Gasteiger partial charge is 0.465 e. The van der Waals surface area contributed by atoms with Crippen LogP contribution in [0, 0.1) is 0 Å². The number of methoxy groups -OCH3 is 1. The average molecular weight is 306 g/mol. The highest BCUT2D eigenvalue weighted by atomic mass is 32.2. The van der Waals surface area contributed by atoms with Crippen molar-refractivity contribution < 1.29 is 22.1 Å². The summed E-state index contributed by atoms with van der Waals surface area (Å²) in [6, 6.07) is 13.6. The summed E-state index contributed by atoms with van der Waals surface area (Å²) in [5, 5.41) is 0. The maximum atomic E-state index is 11.3. The van der Waals surface area contributed by atoms with Crippen LogP contribution in [0.3, 0.4) is 0 Å². The second-order valence-corrected chi connectivity index (χ2v) is 5.96. The Bertz CT molecular complexity index is 731. The third-order valence-corrected chi connectivity index (χ3v) is 3.24. The van der Waals surface area contributed by atoms with Crippen molar-refractivity contribution in [2.24, 2.45) is 0 Å². The predicted molar refractivity (Wildman–Crippen MR) is 78.7 cm³/mol. The van der Waals surface area contributed by atoms with E-state index in [-0.39, 0.29) is 5.75 Å². The molecule has 0 N–H and O–H groups in total. The minimum absolute atomic E-state index is 0.257. The Labute approximate surface area is 123 Å². The summed E-state index contributed by atoms with van der Waals surface area (Å²) >= 11 is 0. The van der Waals surface area contributed by atoms with Gasteiger partial charge in [0.25, 0.3) is 0 Å². The van der Waals surface area contributed by atoms with Crippen LogP contribution in [-0.2, 0) is 14.9 Å². The third-order valence-electron chi connectivity index (χ3n) is 2.74. The number of carbonyl (C=O) groups is 1. The molecular weight excluding hydrogens is 292 g/mol. The summed E-state index contributed by atoms with van der Waals surface area (Å²) < 4.78 is 31.4. The van der Waals surface area contributed by atoms with Crippen LogP contribution in [0.25, 0.3) is 11.1 Å². The monoisotopic (exact) mass is 306 g/mol. The quantitative estimate of drug-likeness (QED) is 0.641. The highest BCUT2D eigenvalue weighted by molar-refractivity contribution is 7.86. The summed E-state index contributed by atoms with van der Waals surface area (Å²) in [6.07, 6.45) is 0.993. The van der Waals surface area contributed by atoms with Crippen molar-refractivity contribution in [2.45, 2.75) is 0 Å². The van der Waals surface area contributed by atoms with Gasteiger partial charge in [0.15, 0.2) is 0 Å². The number of esters is 1. The van der Waals surface area contributed by atoms with Gasteiger partial charge in [-0.25, -0.2) is 4.79 Å². The molecule has 0 unspecified atom stereocenters. The molecule has 21 heavy (non-hydrogen) atoms. The van der Waals surface area contributed by atoms with E-state index >= 15 is 0 Å². The van der Waals surface area contributed by atoms with Crippen LogP contribution in [0.15, 0.2) is 48.5 Å². The molecule has 0 aromatic heterocycles. The van der Waals surface area contributed by atoms with E-state index in [2.05, 4.69) is 4.74 Å². The van der Waals surface area contributed by atoms with E-state index in [1.807, 2.05) is 0 Å². The predicted octanol–water partition coefficient (Wildman–Crippen LogP) is 2.48. The van der Waals surface area contributed by atoms with Gasteiger partial charge in [-0.15, -0.1) is 0 Å². The van der Waals surface area contributed by atoms with Crippen LogP contribution in [-0.4, -0.2) is 27.8 Å². The first kappa shape index (κ1) is 15.1. The molecule has 0 aliphatic rings. The highest BCUT2D eigenvalue weighted by Crippen LogP contribution is 2.23. The molecule has 6 heteroatoms. The standard InChI is InChI=1S/C15H14O5S/c1-19-15(16)13-5-3-11(4-6-13)12-7-9-14(10-8-12)20-21(2,17)18/h3-10H,1-2H3. The molecule has 2 aromatic carbocycles. The zero-order valence-electron chi connectivity index (χ0n) is 11.6. The topological polar surface area (TPSA) is 69.7 Å². The zero-order valence-corrected chi connectivity index (χ0v) is 12.4. The summed E-state index contributed by atoms with van der Waals surface area (Å²) in [7, 11) is -2.19. The van der Waals surface area contributed by atoms with Gasteiger partial charge < -0.3 is 8.92 Å². The fraction of sp³-hybridized carbons (Fsp3) is 0.133. The van der Waals surface area contributed by atoms with Gasteiger partial charge in [0.05, 0.1) is 18.9 Å². The van der Waals surface area contributed by atoms with Gasteiger partial charge in [-0.3, -0.25) is 0 Å². The SMILES string of the molecule is COC(=O)c1ccc(-c2ccc(OS(C)(=O)=O)cc2)cc1. The molecule has 0 fully saturated rings. The number of hydrogen-bond acceptors (Lipinski definition) is 5. The second-order valence-electron chi connectivity index (χ2n) is 4.38. The van der Waals surface area contributed by atoms with Gasteiger partial charge in [-0.05, 0) is 35.4 Å². The van der Waals surface area contributed by atoms with Crippen molar-refractivity contribution in [1.29, 1.82) is 0 Å². The lowest BCUT2D eigenvalue weighted by Crippen LogP contribution is -2.05. The first-order chi connectivity index (χ1) is 9.89. The molecule has 2 rings (SSSR count). The summed E-state index contributed by atoms with van der Waals surface area (Å²) in [5.41, 5.74) is 2.25. The van der Waals surface area contributed by atoms with Crippen LogP contribution in [0.4, 0.5) is 0 Å². The first-order valence-corrected chi connectivity index (χ1v) is 7.89. The molecule has 0 aliphatic carbocycles. The van der Waals surface area contributed by atoms with Gasteiger partial charge in [-0.2, -0.15) is 8.42 Å². The van der Waals surface area contributed by atoms with E-state index in [0.29, 0.717) is 5.56 Å². The normalized spacial score (nSPS) is 11.0.